The van der Waals surface area contributed by atoms with Gasteiger partial charge < -0.3 is 10.5 Å². The van der Waals surface area contributed by atoms with Gasteiger partial charge in [0.1, 0.15) is 17.4 Å². The van der Waals surface area contributed by atoms with E-state index in [9.17, 15) is 17.2 Å². The number of sulfonamides is 1. The summed E-state index contributed by atoms with van der Waals surface area (Å²) in [7, 11) is -2.95. The molecular weight excluding hydrogens is 314 g/mol. The zero-order valence-electron chi connectivity index (χ0n) is 12.2. The number of nitrogens with zero attached hydrogens (tertiary/aromatic N) is 1. The summed E-state index contributed by atoms with van der Waals surface area (Å²) in [6.07, 6.45) is 2.78. The van der Waals surface area contributed by atoms with Crippen LogP contribution in [0.25, 0.3) is 0 Å². The smallest absolute Gasteiger partial charge is 0.249 e. The van der Waals surface area contributed by atoms with Gasteiger partial charge in [-0.1, -0.05) is 6.42 Å². The van der Waals surface area contributed by atoms with Gasteiger partial charge in [0.15, 0.2) is 4.90 Å². The van der Waals surface area contributed by atoms with Crippen molar-refractivity contribution in [3.8, 4) is 5.75 Å². The first-order valence-corrected chi connectivity index (χ1v) is 8.53. The van der Waals surface area contributed by atoms with Crippen LogP contribution in [0.15, 0.2) is 17.0 Å². The normalized spacial score (nSPS) is 24.5. The summed E-state index contributed by atoms with van der Waals surface area (Å²) in [5.74, 6) is -2.37. The summed E-state index contributed by atoms with van der Waals surface area (Å²) in [5.41, 5.74) is 5.88. The van der Waals surface area contributed by atoms with E-state index in [1.165, 1.54) is 11.4 Å². The molecule has 2 aliphatic rings. The van der Waals surface area contributed by atoms with E-state index in [-0.39, 0.29) is 30.3 Å². The second-order valence-corrected chi connectivity index (χ2v) is 7.91. The topological polar surface area (TPSA) is 72.6 Å². The first-order valence-electron chi connectivity index (χ1n) is 7.09. The highest BCUT2D eigenvalue weighted by Gasteiger charge is 2.52. The molecule has 0 aromatic heterocycles. The maximum atomic E-state index is 14.1. The number of nitrogens with two attached hydrogens (primary N) is 1. The van der Waals surface area contributed by atoms with Crippen LogP contribution in [0.2, 0.25) is 0 Å². The number of ether oxygens (including phenoxy) is 1. The monoisotopic (exact) mass is 332 g/mol. The molecule has 1 aromatic rings. The van der Waals surface area contributed by atoms with E-state index in [1.54, 1.807) is 0 Å². The quantitative estimate of drug-likeness (QED) is 0.910. The molecule has 1 saturated heterocycles. The Bertz CT molecular complexity index is 704. The minimum Gasteiger partial charge on any atom is -0.495 e. The van der Waals surface area contributed by atoms with Crippen LogP contribution < -0.4 is 10.5 Å². The fourth-order valence-electron chi connectivity index (χ4n) is 3.36. The molecule has 0 radical (unpaired) electrons. The second kappa shape index (κ2) is 5.14. The summed E-state index contributed by atoms with van der Waals surface area (Å²) < 4.78 is 58.9. The van der Waals surface area contributed by atoms with Crippen LogP contribution in [0.4, 0.5) is 8.78 Å². The lowest BCUT2D eigenvalue weighted by Crippen LogP contribution is -2.45. The van der Waals surface area contributed by atoms with Crippen LogP contribution in [0, 0.1) is 17.0 Å². The van der Waals surface area contributed by atoms with Gasteiger partial charge in [-0.3, -0.25) is 0 Å². The molecule has 1 unspecified atom stereocenters. The first-order chi connectivity index (χ1) is 10.3. The fraction of sp³-hybridized carbons (Fsp3) is 0.571. The zero-order valence-corrected chi connectivity index (χ0v) is 13.0. The molecule has 5 nitrogen and oxygen atoms in total. The maximum Gasteiger partial charge on any atom is 0.249 e. The highest BCUT2D eigenvalue weighted by atomic mass is 32.2. The Labute approximate surface area is 128 Å². The van der Waals surface area contributed by atoms with Crippen LogP contribution in [-0.4, -0.2) is 39.0 Å². The third-order valence-corrected chi connectivity index (χ3v) is 6.69. The zero-order chi connectivity index (χ0) is 16.1. The van der Waals surface area contributed by atoms with Gasteiger partial charge in [-0.05, 0) is 12.8 Å². The van der Waals surface area contributed by atoms with Gasteiger partial charge >= 0.3 is 0 Å². The number of benzene rings is 1. The minimum atomic E-state index is -4.12. The molecule has 1 saturated carbocycles. The van der Waals surface area contributed by atoms with Crippen LogP contribution in [0.5, 0.6) is 5.75 Å². The van der Waals surface area contributed by atoms with Gasteiger partial charge in [0.25, 0.3) is 0 Å². The summed E-state index contributed by atoms with van der Waals surface area (Å²) in [5, 5.41) is 0. The number of hydrogen-bond donors (Lipinski definition) is 1. The van der Waals surface area contributed by atoms with E-state index < -0.39 is 26.6 Å². The van der Waals surface area contributed by atoms with Crippen LogP contribution in [0.1, 0.15) is 19.3 Å². The second-order valence-electron chi connectivity index (χ2n) is 6.04. The Kier molecular flexibility index (Phi) is 3.65. The van der Waals surface area contributed by atoms with E-state index in [0.717, 1.165) is 25.3 Å². The predicted octanol–water partition coefficient (Wildman–Crippen LogP) is 1.48. The predicted molar refractivity (Wildman–Crippen MR) is 75.9 cm³/mol. The molecule has 1 heterocycles. The molecule has 2 N–H and O–H groups in total. The van der Waals surface area contributed by atoms with Gasteiger partial charge in [-0.15, -0.1) is 0 Å². The molecule has 3 rings (SSSR count). The number of halogens is 2. The lowest BCUT2D eigenvalue weighted by atomic mass is 9.66. The van der Waals surface area contributed by atoms with Gasteiger partial charge in [0.05, 0.1) is 7.11 Å². The molecule has 2 fully saturated rings. The summed E-state index contributed by atoms with van der Waals surface area (Å²) in [4.78, 5) is -0.625. The van der Waals surface area contributed by atoms with Crippen molar-refractivity contribution in [3.05, 3.63) is 23.8 Å². The Hall–Kier alpha value is -1.25. The fourth-order valence-corrected chi connectivity index (χ4v) is 5.10. The van der Waals surface area contributed by atoms with Crippen molar-refractivity contribution in [2.75, 3.05) is 20.2 Å². The molecule has 1 spiro atoms. The van der Waals surface area contributed by atoms with Crippen molar-refractivity contribution < 1.29 is 21.9 Å². The standard InChI is InChI=1S/C14H18F2N2O3S/c1-21-11-6-9(15)5-10(16)13(11)22(19,20)18-7-12(17)14(8-18)3-2-4-14/h5-6,12H,2-4,7-8,17H2,1H3. The number of rotatable bonds is 3. The third-order valence-electron chi connectivity index (χ3n) is 4.82. The van der Waals surface area contributed by atoms with Crippen molar-refractivity contribution in [3.63, 3.8) is 0 Å². The van der Waals surface area contributed by atoms with Crippen LogP contribution in [-0.2, 0) is 10.0 Å². The molecule has 22 heavy (non-hydrogen) atoms. The third kappa shape index (κ3) is 2.21. The van der Waals surface area contributed by atoms with E-state index in [1.807, 2.05) is 0 Å². The van der Waals surface area contributed by atoms with Crippen molar-refractivity contribution in [1.29, 1.82) is 0 Å². The minimum absolute atomic E-state index is 0.141. The van der Waals surface area contributed by atoms with Crippen molar-refractivity contribution in [1.82, 2.24) is 4.31 Å². The lowest BCUT2D eigenvalue weighted by molar-refractivity contribution is 0.133. The molecule has 0 bridgehead atoms. The SMILES string of the molecule is COc1cc(F)cc(F)c1S(=O)(=O)N1CC(N)C2(CCC2)C1. The van der Waals surface area contributed by atoms with E-state index in [4.69, 9.17) is 10.5 Å². The Morgan fingerprint density at radius 1 is 1.36 bits per heavy atom. The molecule has 1 aromatic carbocycles. The Morgan fingerprint density at radius 2 is 2.05 bits per heavy atom. The van der Waals surface area contributed by atoms with Crippen LogP contribution >= 0.6 is 0 Å². The van der Waals surface area contributed by atoms with E-state index >= 15 is 0 Å². The van der Waals surface area contributed by atoms with Gasteiger partial charge in [0, 0.05) is 36.7 Å². The average Bonchev–Trinajstić information content (AvgIpc) is 2.75. The molecule has 0 amide bonds. The van der Waals surface area contributed by atoms with Crippen molar-refractivity contribution in [2.45, 2.75) is 30.2 Å². The summed E-state index contributed by atoms with van der Waals surface area (Å²) >= 11 is 0. The summed E-state index contributed by atoms with van der Waals surface area (Å²) in [6, 6.07) is 1.15. The molecule has 1 aliphatic carbocycles. The highest BCUT2D eigenvalue weighted by molar-refractivity contribution is 7.89. The highest BCUT2D eigenvalue weighted by Crippen LogP contribution is 2.49. The first kappa shape index (κ1) is 15.6. The maximum absolute atomic E-state index is 14.1. The van der Waals surface area contributed by atoms with Gasteiger partial charge in [-0.25, -0.2) is 17.2 Å². The molecule has 122 valence electrons. The molecule has 8 heteroatoms. The molecule has 1 aliphatic heterocycles. The number of methoxy groups -OCH3 is 1. The molecular formula is C14H18F2N2O3S. The lowest BCUT2D eigenvalue weighted by Gasteiger charge is -2.41. The van der Waals surface area contributed by atoms with Crippen molar-refractivity contribution in [2.24, 2.45) is 11.1 Å². The van der Waals surface area contributed by atoms with Gasteiger partial charge in [0.2, 0.25) is 10.0 Å². The van der Waals surface area contributed by atoms with E-state index in [0.29, 0.717) is 6.07 Å². The van der Waals surface area contributed by atoms with E-state index in [2.05, 4.69) is 0 Å². The Balaban J connectivity index is 2.01. The average molecular weight is 332 g/mol. The van der Waals surface area contributed by atoms with Crippen molar-refractivity contribution >= 4 is 10.0 Å². The largest absolute Gasteiger partial charge is 0.495 e. The number of hydrogen-bond acceptors (Lipinski definition) is 4. The Morgan fingerprint density at radius 3 is 2.55 bits per heavy atom. The molecule has 1 atom stereocenters. The van der Waals surface area contributed by atoms with Gasteiger partial charge in [-0.2, -0.15) is 4.31 Å². The summed E-state index contributed by atoms with van der Waals surface area (Å²) in [6.45, 7) is 0.415. The van der Waals surface area contributed by atoms with Crippen LogP contribution in [0.3, 0.4) is 0 Å².